The predicted octanol–water partition coefficient (Wildman–Crippen LogP) is 4.01. The summed E-state index contributed by atoms with van der Waals surface area (Å²) in [6, 6.07) is 20.9. The van der Waals surface area contributed by atoms with Crippen molar-refractivity contribution >= 4 is 16.9 Å². The van der Waals surface area contributed by atoms with Gasteiger partial charge in [0.15, 0.2) is 0 Å². The van der Waals surface area contributed by atoms with Crippen LogP contribution in [-0.4, -0.2) is 46.0 Å². The van der Waals surface area contributed by atoms with Gasteiger partial charge in [-0.1, -0.05) is 42.5 Å². The van der Waals surface area contributed by atoms with Crippen molar-refractivity contribution in [2.75, 3.05) is 31.1 Å². The van der Waals surface area contributed by atoms with E-state index in [9.17, 15) is 0 Å². The second-order valence-electron chi connectivity index (χ2n) is 7.42. The Morgan fingerprint density at radius 1 is 0.759 bits per heavy atom. The van der Waals surface area contributed by atoms with Crippen molar-refractivity contribution in [1.82, 2.24) is 19.9 Å². The van der Waals surface area contributed by atoms with Crippen LogP contribution in [0.15, 0.2) is 79.3 Å². The van der Waals surface area contributed by atoms with Crippen LogP contribution >= 0.6 is 0 Å². The van der Waals surface area contributed by atoms with E-state index in [0.717, 1.165) is 49.6 Å². The first-order valence-electron chi connectivity index (χ1n) is 10.0. The molecule has 1 aliphatic heterocycles. The second kappa shape index (κ2) is 7.97. The minimum Gasteiger partial charge on any atom is -0.353 e. The van der Waals surface area contributed by atoms with Crippen molar-refractivity contribution in [3.63, 3.8) is 0 Å². The van der Waals surface area contributed by atoms with E-state index in [1.54, 1.807) is 0 Å². The Balaban J connectivity index is 1.31. The molecule has 0 radical (unpaired) electrons. The van der Waals surface area contributed by atoms with Crippen LogP contribution in [-0.2, 0) is 6.54 Å². The minimum atomic E-state index is 0.934. The largest absolute Gasteiger partial charge is 0.353 e. The number of rotatable bonds is 4. The number of pyridine rings is 1. The molecular formula is C24H23N5. The van der Waals surface area contributed by atoms with Gasteiger partial charge >= 0.3 is 0 Å². The number of hydrogen-bond donors (Lipinski definition) is 0. The summed E-state index contributed by atoms with van der Waals surface area (Å²) in [5.41, 5.74) is 5.52. The molecule has 0 saturated carbocycles. The Morgan fingerprint density at radius 2 is 1.62 bits per heavy atom. The summed E-state index contributed by atoms with van der Waals surface area (Å²) >= 11 is 0. The number of aromatic nitrogens is 3. The zero-order valence-electron chi connectivity index (χ0n) is 16.3. The van der Waals surface area contributed by atoms with Gasteiger partial charge in [-0.2, -0.15) is 0 Å². The minimum absolute atomic E-state index is 0.934. The zero-order valence-corrected chi connectivity index (χ0v) is 16.3. The smallest absolute Gasteiger partial charge is 0.147 e. The fraction of sp³-hybridized carbons (Fsp3) is 0.208. The molecule has 0 spiro atoms. The number of nitrogens with zero attached hydrogens (tertiary/aromatic N) is 5. The van der Waals surface area contributed by atoms with E-state index in [1.165, 1.54) is 16.7 Å². The molecule has 4 aromatic rings. The predicted molar refractivity (Wildman–Crippen MR) is 117 cm³/mol. The number of fused-ring (bicyclic) bond motifs is 1. The lowest BCUT2D eigenvalue weighted by Gasteiger charge is -2.35. The number of anilines is 1. The molecule has 0 atom stereocenters. The van der Waals surface area contributed by atoms with Crippen LogP contribution in [0.4, 0.5) is 5.82 Å². The first-order valence-corrected chi connectivity index (χ1v) is 10.0. The topological polar surface area (TPSA) is 45.2 Å². The second-order valence-corrected chi connectivity index (χ2v) is 7.42. The molecule has 29 heavy (non-hydrogen) atoms. The maximum absolute atomic E-state index is 4.93. The summed E-state index contributed by atoms with van der Waals surface area (Å²) < 4.78 is 0. The van der Waals surface area contributed by atoms with Gasteiger partial charge in [-0.15, -0.1) is 0 Å². The number of hydrogen-bond acceptors (Lipinski definition) is 5. The highest BCUT2D eigenvalue weighted by molar-refractivity contribution is 5.82. The Bertz CT molecular complexity index is 1090. The van der Waals surface area contributed by atoms with Gasteiger partial charge in [0.1, 0.15) is 5.82 Å². The van der Waals surface area contributed by atoms with E-state index < -0.39 is 0 Å². The summed E-state index contributed by atoms with van der Waals surface area (Å²) in [5, 5.41) is 0. The molecule has 2 aromatic heterocycles. The SMILES string of the molecule is c1ccc(-c2ccc3ncc(N4CCN(Cc5cccnc5)CC4)nc3c2)cc1. The van der Waals surface area contributed by atoms with Crippen LogP contribution in [0, 0.1) is 0 Å². The van der Waals surface area contributed by atoms with Gasteiger partial charge in [0.2, 0.25) is 0 Å². The molecular weight excluding hydrogens is 358 g/mol. The monoisotopic (exact) mass is 381 g/mol. The molecule has 1 aliphatic rings. The standard InChI is InChI=1S/C24H23N5/c1-2-6-20(7-3-1)21-8-9-22-23(15-21)27-24(17-26-22)29-13-11-28(12-14-29)18-19-5-4-10-25-16-19/h1-10,15-17H,11-14,18H2. The summed E-state index contributed by atoms with van der Waals surface area (Å²) in [4.78, 5) is 18.6. The van der Waals surface area contributed by atoms with Crippen molar-refractivity contribution in [3.8, 4) is 11.1 Å². The van der Waals surface area contributed by atoms with Crippen molar-refractivity contribution in [1.29, 1.82) is 0 Å². The summed E-state index contributed by atoms with van der Waals surface area (Å²) in [6.45, 7) is 4.89. The lowest BCUT2D eigenvalue weighted by atomic mass is 10.1. The molecule has 0 aliphatic carbocycles. The lowest BCUT2D eigenvalue weighted by molar-refractivity contribution is 0.249. The van der Waals surface area contributed by atoms with Crippen LogP contribution in [0.3, 0.4) is 0 Å². The zero-order chi connectivity index (χ0) is 19.5. The maximum Gasteiger partial charge on any atom is 0.147 e. The van der Waals surface area contributed by atoms with Gasteiger partial charge in [0.05, 0.1) is 17.2 Å². The summed E-state index contributed by atoms with van der Waals surface area (Å²) in [5.74, 6) is 0.962. The van der Waals surface area contributed by atoms with Gasteiger partial charge in [-0.25, -0.2) is 4.98 Å². The fourth-order valence-corrected chi connectivity index (χ4v) is 3.85. The Kier molecular flexibility index (Phi) is 4.88. The van der Waals surface area contributed by atoms with E-state index in [1.807, 2.05) is 30.7 Å². The fourth-order valence-electron chi connectivity index (χ4n) is 3.85. The molecule has 1 fully saturated rings. The molecule has 0 bridgehead atoms. The average Bonchev–Trinajstić information content (AvgIpc) is 2.80. The third kappa shape index (κ3) is 3.96. The van der Waals surface area contributed by atoms with E-state index in [-0.39, 0.29) is 0 Å². The molecule has 1 saturated heterocycles. The van der Waals surface area contributed by atoms with Crippen LogP contribution < -0.4 is 4.90 Å². The average molecular weight is 381 g/mol. The van der Waals surface area contributed by atoms with E-state index in [2.05, 4.69) is 68.3 Å². The Hall–Kier alpha value is -3.31. The van der Waals surface area contributed by atoms with Gasteiger partial charge in [0, 0.05) is 45.1 Å². The van der Waals surface area contributed by atoms with E-state index in [0.29, 0.717) is 0 Å². The van der Waals surface area contributed by atoms with Crippen molar-refractivity contribution in [2.45, 2.75) is 6.54 Å². The Labute approximate surface area is 170 Å². The number of benzene rings is 2. The highest BCUT2D eigenvalue weighted by Crippen LogP contribution is 2.24. The van der Waals surface area contributed by atoms with Gasteiger partial charge < -0.3 is 4.90 Å². The van der Waals surface area contributed by atoms with Crippen LogP contribution in [0.1, 0.15) is 5.56 Å². The first kappa shape index (κ1) is 17.8. The first-order chi connectivity index (χ1) is 14.3. The normalized spacial score (nSPS) is 15.0. The van der Waals surface area contributed by atoms with Crippen molar-refractivity contribution in [2.24, 2.45) is 0 Å². The highest BCUT2D eigenvalue weighted by atomic mass is 15.3. The molecule has 0 N–H and O–H groups in total. The molecule has 0 amide bonds. The van der Waals surface area contributed by atoms with Gasteiger partial charge in [-0.3, -0.25) is 14.9 Å². The molecule has 144 valence electrons. The van der Waals surface area contributed by atoms with Crippen molar-refractivity contribution in [3.05, 3.63) is 84.8 Å². The van der Waals surface area contributed by atoms with Crippen LogP contribution in [0.2, 0.25) is 0 Å². The van der Waals surface area contributed by atoms with Gasteiger partial charge in [-0.05, 0) is 34.9 Å². The molecule has 3 heterocycles. The van der Waals surface area contributed by atoms with E-state index in [4.69, 9.17) is 4.98 Å². The Morgan fingerprint density at radius 3 is 2.41 bits per heavy atom. The molecule has 5 nitrogen and oxygen atoms in total. The molecule has 2 aromatic carbocycles. The molecule has 0 unspecified atom stereocenters. The van der Waals surface area contributed by atoms with Crippen molar-refractivity contribution < 1.29 is 0 Å². The lowest BCUT2D eigenvalue weighted by Crippen LogP contribution is -2.46. The third-order valence-corrected chi connectivity index (χ3v) is 5.46. The number of piperazine rings is 1. The third-order valence-electron chi connectivity index (χ3n) is 5.46. The maximum atomic E-state index is 4.93. The quantitative estimate of drug-likeness (QED) is 0.534. The van der Waals surface area contributed by atoms with Crippen LogP contribution in [0.5, 0.6) is 0 Å². The molecule has 5 rings (SSSR count). The van der Waals surface area contributed by atoms with Crippen LogP contribution in [0.25, 0.3) is 22.2 Å². The molecule has 5 heteroatoms. The van der Waals surface area contributed by atoms with E-state index >= 15 is 0 Å². The van der Waals surface area contributed by atoms with Gasteiger partial charge in [0.25, 0.3) is 0 Å². The summed E-state index contributed by atoms with van der Waals surface area (Å²) in [6.07, 6.45) is 5.68. The summed E-state index contributed by atoms with van der Waals surface area (Å²) in [7, 11) is 0. The highest BCUT2D eigenvalue weighted by Gasteiger charge is 2.19.